The number of hydrogen-bond acceptors (Lipinski definition) is 8. The number of rotatable bonds is 9. The van der Waals surface area contributed by atoms with Crippen molar-refractivity contribution in [3.63, 3.8) is 0 Å². The molecule has 3 aromatic rings. The summed E-state index contributed by atoms with van der Waals surface area (Å²) in [5.74, 6) is 2.12. The van der Waals surface area contributed by atoms with E-state index in [0.717, 1.165) is 16.1 Å². The number of aryl methyl sites for hydroxylation is 3. The van der Waals surface area contributed by atoms with Crippen molar-refractivity contribution in [1.29, 1.82) is 0 Å². The van der Waals surface area contributed by atoms with Crippen LogP contribution in [0.3, 0.4) is 0 Å². The maximum absolute atomic E-state index is 12.2. The van der Waals surface area contributed by atoms with Gasteiger partial charge in [-0.2, -0.15) is 0 Å². The van der Waals surface area contributed by atoms with Crippen LogP contribution in [0.2, 0.25) is 0 Å². The van der Waals surface area contributed by atoms with Crippen LogP contribution >= 0.6 is 23.1 Å². The highest BCUT2D eigenvalue weighted by Gasteiger charge is 2.14. The second-order valence-electron chi connectivity index (χ2n) is 6.63. The van der Waals surface area contributed by atoms with Crippen LogP contribution in [-0.4, -0.2) is 38.0 Å². The average molecular weight is 448 g/mol. The Kier molecular flexibility index (Phi) is 7.33. The molecule has 10 heteroatoms. The molecule has 160 valence electrons. The molecule has 0 aliphatic heterocycles. The maximum Gasteiger partial charge on any atom is 0.236 e. The summed E-state index contributed by atoms with van der Waals surface area (Å²) in [6, 6.07) is 5.80. The lowest BCUT2D eigenvalue weighted by molar-refractivity contribution is -0.113. The summed E-state index contributed by atoms with van der Waals surface area (Å²) in [5, 5.41) is 12.4. The van der Waals surface area contributed by atoms with Gasteiger partial charge in [-0.25, -0.2) is 4.98 Å². The number of ether oxygens (including phenoxy) is 2. The Morgan fingerprint density at radius 3 is 2.70 bits per heavy atom. The lowest BCUT2D eigenvalue weighted by Gasteiger charge is -2.12. The molecule has 1 aromatic carbocycles. The van der Waals surface area contributed by atoms with Gasteiger partial charge in [0.1, 0.15) is 6.61 Å². The summed E-state index contributed by atoms with van der Waals surface area (Å²) in [5.41, 5.74) is 2.03. The van der Waals surface area contributed by atoms with Gasteiger partial charge < -0.3 is 19.4 Å². The van der Waals surface area contributed by atoms with E-state index in [1.165, 1.54) is 23.1 Å². The van der Waals surface area contributed by atoms with Gasteiger partial charge in [0.15, 0.2) is 27.6 Å². The highest BCUT2D eigenvalue weighted by Crippen LogP contribution is 2.29. The smallest absolute Gasteiger partial charge is 0.236 e. The second-order valence-corrected chi connectivity index (χ2v) is 8.77. The van der Waals surface area contributed by atoms with E-state index in [2.05, 4.69) is 20.5 Å². The molecule has 3 rings (SSSR count). The van der Waals surface area contributed by atoms with Crippen LogP contribution in [0.1, 0.15) is 28.9 Å². The van der Waals surface area contributed by atoms with Crippen molar-refractivity contribution in [2.45, 2.75) is 39.5 Å². The molecule has 1 amide bonds. The molecule has 0 aliphatic rings. The van der Waals surface area contributed by atoms with E-state index in [4.69, 9.17) is 9.47 Å². The van der Waals surface area contributed by atoms with Gasteiger partial charge in [-0.3, -0.25) is 4.79 Å². The third-order valence-corrected chi connectivity index (χ3v) is 6.30. The molecular weight excluding hydrogens is 422 g/mol. The number of thiazole rings is 1. The molecule has 0 spiro atoms. The lowest BCUT2D eigenvalue weighted by atomic mass is 10.2. The van der Waals surface area contributed by atoms with Crippen molar-refractivity contribution in [2.75, 3.05) is 17.7 Å². The Morgan fingerprint density at radius 2 is 2.00 bits per heavy atom. The van der Waals surface area contributed by atoms with E-state index in [1.54, 1.807) is 0 Å². The molecule has 0 bridgehead atoms. The number of carbonyl (C=O) groups is 1. The Labute approximate surface area is 184 Å². The predicted octanol–water partition coefficient (Wildman–Crippen LogP) is 3.91. The van der Waals surface area contributed by atoms with Gasteiger partial charge in [-0.1, -0.05) is 17.8 Å². The highest BCUT2D eigenvalue weighted by atomic mass is 32.2. The van der Waals surface area contributed by atoms with E-state index in [0.29, 0.717) is 34.2 Å². The van der Waals surface area contributed by atoms with Crippen molar-refractivity contribution in [2.24, 2.45) is 7.05 Å². The number of amides is 1. The predicted molar refractivity (Wildman–Crippen MR) is 119 cm³/mol. The van der Waals surface area contributed by atoms with Crippen LogP contribution in [0.15, 0.2) is 23.4 Å². The third-order valence-electron chi connectivity index (χ3n) is 4.29. The molecule has 0 saturated heterocycles. The molecule has 0 atom stereocenters. The van der Waals surface area contributed by atoms with E-state index in [1.807, 2.05) is 57.5 Å². The SMILES string of the molecule is CCOc1cc(C)ccc1OCc1nnc(SCC(=O)Nc2nc(C)c(C)s2)n1C. The van der Waals surface area contributed by atoms with Crippen molar-refractivity contribution in [1.82, 2.24) is 19.7 Å². The minimum atomic E-state index is -0.129. The molecule has 2 heterocycles. The zero-order chi connectivity index (χ0) is 21.7. The molecule has 0 unspecified atom stereocenters. The number of aromatic nitrogens is 4. The van der Waals surface area contributed by atoms with Crippen LogP contribution in [0.25, 0.3) is 0 Å². The largest absolute Gasteiger partial charge is 0.490 e. The summed E-state index contributed by atoms with van der Waals surface area (Å²) in [6.07, 6.45) is 0. The van der Waals surface area contributed by atoms with E-state index in [-0.39, 0.29) is 18.3 Å². The van der Waals surface area contributed by atoms with Crippen LogP contribution in [0.4, 0.5) is 5.13 Å². The Morgan fingerprint density at radius 1 is 1.20 bits per heavy atom. The van der Waals surface area contributed by atoms with Crippen LogP contribution in [-0.2, 0) is 18.4 Å². The van der Waals surface area contributed by atoms with E-state index < -0.39 is 0 Å². The monoisotopic (exact) mass is 447 g/mol. The number of nitrogens with zero attached hydrogens (tertiary/aromatic N) is 4. The van der Waals surface area contributed by atoms with Crippen LogP contribution < -0.4 is 14.8 Å². The normalized spacial score (nSPS) is 10.8. The molecule has 0 radical (unpaired) electrons. The fourth-order valence-electron chi connectivity index (χ4n) is 2.55. The molecule has 1 N–H and O–H groups in total. The van der Waals surface area contributed by atoms with Crippen LogP contribution in [0, 0.1) is 20.8 Å². The summed E-state index contributed by atoms with van der Waals surface area (Å²) in [4.78, 5) is 17.6. The summed E-state index contributed by atoms with van der Waals surface area (Å²) >= 11 is 2.78. The molecule has 30 heavy (non-hydrogen) atoms. The van der Waals surface area contributed by atoms with Crippen molar-refractivity contribution < 1.29 is 14.3 Å². The summed E-state index contributed by atoms with van der Waals surface area (Å²) in [6.45, 7) is 8.66. The first-order valence-corrected chi connectivity index (χ1v) is 11.3. The quantitative estimate of drug-likeness (QED) is 0.497. The average Bonchev–Trinajstić information content (AvgIpc) is 3.21. The Hall–Kier alpha value is -2.59. The first kappa shape index (κ1) is 22.1. The molecule has 0 saturated carbocycles. The van der Waals surface area contributed by atoms with Gasteiger partial charge in [0.05, 0.1) is 18.1 Å². The first-order chi connectivity index (χ1) is 14.4. The van der Waals surface area contributed by atoms with Gasteiger partial charge in [0.25, 0.3) is 0 Å². The van der Waals surface area contributed by atoms with Crippen molar-refractivity contribution in [3.05, 3.63) is 40.2 Å². The molecule has 0 fully saturated rings. The molecular formula is C20H25N5O3S2. The molecule has 0 aliphatic carbocycles. The molecule has 2 aromatic heterocycles. The number of hydrogen-bond donors (Lipinski definition) is 1. The Balaban J connectivity index is 1.56. The number of anilines is 1. The Bertz CT molecular complexity index is 1010. The maximum atomic E-state index is 12.2. The first-order valence-electron chi connectivity index (χ1n) is 9.48. The van der Waals surface area contributed by atoms with Gasteiger partial charge in [-0.15, -0.1) is 21.5 Å². The van der Waals surface area contributed by atoms with Gasteiger partial charge in [0, 0.05) is 11.9 Å². The van der Waals surface area contributed by atoms with Gasteiger partial charge >= 0.3 is 0 Å². The van der Waals surface area contributed by atoms with Crippen molar-refractivity contribution in [3.8, 4) is 11.5 Å². The highest BCUT2D eigenvalue weighted by molar-refractivity contribution is 7.99. The third kappa shape index (κ3) is 5.51. The van der Waals surface area contributed by atoms with Crippen molar-refractivity contribution >= 4 is 34.1 Å². The fraction of sp³-hybridized carbons (Fsp3) is 0.400. The standard InChI is InChI=1S/C20H25N5O3S2/c1-6-27-16-9-12(2)7-8-15(16)28-10-17-23-24-20(25(17)5)29-11-18(26)22-19-21-13(3)14(4)30-19/h7-9H,6,10-11H2,1-5H3,(H,21,22,26). The molecule has 8 nitrogen and oxygen atoms in total. The zero-order valence-corrected chi connectivity index (χ0v) is 19.3. The van der Waals surface area contributed by atoms with E-state index in [9.17, 15) is 4.79 Å². The van der Waals surface area contributed by atoms with E-state index >= 15 is 0 Å². The summed E-state index contributed by atoms with van der Waals surface area (Å²) < 4.78 is 13.4. The van der Waals surface area contributed by atoms with Crippen LogP contribution in [0.5, 0.6) is 11.5 Å². The fourth-order valence-corrected chi connectivity index (χ4v) is 4.11. The minimum Gasteiger partial charge on any atom is -0.490 e. The summed E-state index contributed by atoms with van der Waals surface area (Å²) in [7, 11) is 1.85. The number of thioether (sulfide) groups is 1. The van der Waals surface area contributed by atoms with Gasteiger partial charge in [0.2, 0.25) is 5.91 Å². The number of nitrogens with one attached hydrogen (secondary N) is 1. The topological polar surface area (TPSA) is 91.2 Å². The minimum absolute atomic E-state index is 0.129. The second kappa shape index (κ2) is 9.94. The van der Waals surface area contributed by atoms with Gasteiger partial charge in [-0.05, 0) is 45.4 Å². The number of benzene rings is 1. The number of carbonyl (C=O) groups excluding carboxylic acids is 1. The lowest BCUT2D eigenvalue weighted by Crippen LogP contribution is -2.14. The zero-order valence-electron chi connectivity index (χ0n) is 17.7.